The zero-order valence-electron chi connectivity index (χ0n) is 25.0. The van der Waals surface area contributed by atoms with E-state index >= 15 is 0 Å². The predicted molar refractivity (Wildman–Crippen MR) is 157 cm³/mol. The second-order valence-electron chi connectivity index (χ2n) is 13.1. The normalized spacial score (nSPS) is 30.0. The molecule has 0 aliphatic heterocycles. The summed E-state index contributed by atoms with van der Waals surface area (Å²) in [6.45, 7) is 3.64. The Morgan fingerprint density at radius 3 is 2.02 bits per heavy atom. The number of ether oxygens (including phenoxy) is 2. The summed E-state index contributed by atoms with van der Waals surface area (Å²) in [6, 6.07) is 4.50. The van der Waals surface area contributed by atoms with Crippen molar-refractivity contribution in [2.45, 2.75) is 141 Å². The van der Waals surface area contributed by atoms with Gasteiger partial charge in [0.1, 0.15) is 0 Å². The zero-order valence-corrected chi connectivity index (χ0v) is 25.0. The molecule has 3 aliphatic rings. The van der Waals surface area contributed by atoms with Gasteiger partial charge < -0.3 is 9.47 Å². The van der Waals surface area contributed by atoms with Crippen molar-refractivity contribution in [2.24, 2.45) is 23.7 Å². The standard InChI is InChI=1S/C35H53F3O2/c1-3-5-6-7-27-8-10-28(11-9-27)12-13-29-16-21-32(22-17-29)39-25-35(37,38)40-34-23-20-31(24-33(34)36)30-18-14-26(4-2)15-19-30/h12-13,20,23-24,26-30,32H,3-11,14-19,21-22,25H2,1-2H3/b13-12+. The Bertz CT molecular complexity index is 892. The summed E-state index contributed by atoms with van der Waals surface area (Å²) in [5, 5.41) is 0. The highest BCUT2D eigenvalue weighted by Crippen LogP contribution is 2.39. The highest BCUT2D eigenvalue weighted by atomic mass is 19.3. The lowest BCUT2D eigenvalue weighted by molar-refractivity contribution is -0.223. The van der Waals surface area contributed by atoms with Crippen molar-refractivity contribution in [2.75, 3.05) is 6.61 Å². The molecule has 4 rings (SSSR count). The van der Waals surface area contributed by atoms with Gasteiger partial charge in [0.15, 0.2) is 18.2 Å². The van der Waals surface area contributed by atoms with Crippen LogP contribution in [0.3, 0.4) is 0 Å². The molecule has 0 atom stereocenters. The molecule has 0 N–H and O–H groups in total. The number of rotatable bonds is 13. The Morgan fingerprint density at radius 2 is 1.43 bits per heavy atom. The molecule has 0 heterocycles. The van der Waals surface area contributed by atoms with Crippen LogP contribution in [-0.2, 0) is 4.74 Å². The van der Waals surface area contributed by atoms with Crippen molar-refractivity contribution in [1.82, 2.24) is 0 Å². The first-order valence-corrected chi connectivity index (χ1v) is 16.5. The summed E-state index contributed by atoms with van der Waals surface area (Å²) in [6.07, 6.45) is 20.9. The van der Waals surface area contributed by atoms with E-state index < -0.39 is 24.3 Å². The summed E-state index contributed by atoms with van der Waals surface area (Å²) in [5.41, 5.74) is 0.889. The quantitative estimate of drug-likeness (QED) is 0.176. The molecule has 0 amide bonds. The fourth-order valence-corrected chi connectivity index (χ4v) is 7.28. The maximum Gasteiger partial charge on any atom is 0.422 e. The van der Waals surface area contributed by atoms with Crippen molar-refractivity contribution in [3.63, 3.8) is 0 Å². The SMILES string of the molecule is CCCCCC1CCC(/C=C/C2CCC(OCC(F)(F)Oc3ccc(C4CCC(CC)CC4)cc3F)CC2)CC1. The second-order valence-corrected chi connectivity index (χ2v) is 13.1. The maximum absolute atomic E-state index is 14.7. The van der Waals surface area contributed by atoms with Gasteiger partial charge in [-0.05, 0) is 124 Å². The minimum atomic E-state index is -3.56. The third-order valence-corrected chi connectivity index (χ3v) is 10.1. The monoisotopic (exact) mass is 562 g/mol. The largest absolute Gasteiger partial charge is 0.428 e. The van der Waals surface area contributed by atoms with Gasteiger partial charge in [-0.25, -0.2) is 4.39 Å². The van der Waals surface area contributed by atoms with Gasteiger partial charge in [-0.3, -0.25) is 0 Å². The molecule has 3 fully saturated rings. The number of halogens is 3. The molecule has 3 aliphatic carbocycles. The summed E-state index contributed by atoms with van der Waals surface area (Å²) in [4.78, 5) is 0. The molecule has 0 saturated heterocycles. The van der Waals surface area contributed by atoms with Crippen LogP contribution in [0.2, 0.25) is 0 Å². The number of allylic oxidation sites excluding steroid dienone is 2. The van der Waals surface area contributed by atoms with Crippen LogP contribution < -0.4 is 4.74 Å². The van der Waals surface area contributed by atoms with Crippen molar-refractivity contribution in [3.05, 3.63) is 41.7 Å². The molecule has 0 radical (unpaired) electrons. The van der Waals surface area contributed by atoms with Crippen LogP contribution in [0.5, 0.6) is 5.75 Å². The van der Waals surface area contributed by atoms with Gasteiger partial charge in [0.2, 0.25) is 0 Å². The van der Waals surface area contributed by atoms with E-state index in [1.165, 1.54) is 69.9 Å². The summed E-state index contributed by atoms with van der Waals surface area (Å²) in [7, 11) is 0. The average Bonchev–Trinajstić information content (AvgIpc) is 2.97. The molecule has 0 bridgehead atoms. The number of hydrogen-bond acceptors (Lipinski definition) is 2. The first kappa shape index (κ1) is 31.4. The molecule has 2 nitrogen and oxygen atoms in total. The maximum atomic E-state index is 14.7. The molecule has 0 unspecified atom stereocenters. The van der Waals surface area contributed by atoms with E-state index in [0.717, 1.165) is 68.8 Å². The fourth-order valence-electron chi connectivity index (χ4n) is 7.28. The molecular formula is C35H53F3O2. The average molecular weight is 563 g/mol. The summed E-state index contributed by atoms with van der Waals surface area (Å²) < 4.78 is 54.2. The van der Waals surface area contributed by atoms with Crippen LogP contribution in [0.1, 0.15) is 134 Å². The number of benzene rings is 1. The smallest absolute Gasteiger partial charge is 0.422 e. The van der Waals surface area contributed by atoms with Gasteiger partial charge >= 0.3 is 6.11 Å². The van der Waals surface area contributed by atoms with E-state index in [-0.39, 0.29) is 6.10 Å². The molecule has 1 aromatic carbocycles. The summed E-state index contributed by atoms with van der Waals surface area (Å²) in [5.74, 6) is 2.09. The van der Waals surface area contributed by atoms with E-state index in [9.17, 15) is 13.2 Å². The third kappa shape index (κ3) is 9.81. The van der Waals surface area contributed by atoms with Crippen molar-refractivity contribution in [3.8, 4) is 5.75 Å². The fraction of sp³-hybridized carbons (Fsp3) is 0.771. The molecule has 0 spiro atoms. The van der Waals surface area contributed by atoms with Crippen LogP contribution in [0.15, 0.2) is 30.4 Å². The van der Waals surface area contributed by atoms with Gasteiger partial charge in [0.25, 0.3) is 0 Å². The molecule has 5 heteroatoms. The molecule has 1 aromatic rings. The van der Waals surface area contributed by atoms with E-state index in [1.54, 1.807) is 6.07 Å². The molecule has 40 heavy (non-hydrogen) atoms. The third-order valence-electron chi connectivity index (χ3n) is 10.1. The van der Waals surface area contributed by atoms with E-state index in [1.807, 2.05) is 0 Å². The Labute approximate surface area is 241 Å². The topological polar surface area (TPSA) is 18.5 Å². The first-order chi connectivity index (χ1) is 19.3. The molecular weight excluding hydrogens is 509 g/mol. The van der Waals surface area contributed by atoms with Crippen LogP contribution in [0, 0.1) is 29.5 Å². The van der Waals surface area contributed by atoms with Crippen LogP contribution in [0.25, 0.3) is 0 Å². The molecule has 0 aromatic heterocycles. The first-order valence-electron chi connectivity index (χ1n) is 16.5. The van der Waals surface area contributed by atoms with Crippen LogP contribution >= 0.6 is 0 Å². The van der Waals surface area contributed by atoms with E-state index in [2.05, 4.69) is 26.0 Å². The van der Waals surface area contributed by atoms with Crippen molar-refractivity contribution >= 4 is 0 Å². The lowest BCUT2D eigenvalue weighted by atomic mass is 9.78. The second kappa shape index (κ2) is 15.7. The predicted octanol–water partition coefficient (Wildman–Crippen LogP) is 11.0. The van der Waals surface area contributed by atoms with Gasteiger partial charge in [-0.15, -0.1) is 0 Å². The number of hydrogen-bond donors (Lipinski definition) is 0. The van der Waals surface area contributed by atoms with Gasteiger partial charge in [-0.2, -0.15) is 8.78 Å². The number of unbranched alkanes of at least 4 members (excludes halogenated alkanes) is 2. The van der Waals surface area contributed by atoms with Gasteiger partial charge in [-0.1, -0.05) is 64.2 Å². The van der Waals surface area contributed by atoms with Gasteiger partial charge in [0, 0.05) is 0 Å². The minimum absolute atomic E-state index is 0.192. The van der Waals surface area contributed by atoms with Crippen molar-refractivity contribution < 1.29 is 22.6 Å². The minimum Gasteiger partial charge on any atom is -0.428 e. The molecule has 226 valence electrons. The highest BCUT2D eigenvalue weighted by molar-refractivity contribution is 5.32. The lowest BCUT2D eigenvalue weighted by Gasteiger charge is -2.30. The van der Waals surface area contributed by atoms with Crippen LogP contribution in [0.4, 0.5) is 13.2 Å². The Kier molecular flexibility index (Phi) is 12.3. The Balaban J connectivity index is 1.14. The number of alkyl halides is 2. The summed E-state index contributed by atoms with van der Waals surface area (Å²) >= 11 is 0. The van der Waals surface area contributed by atoms with Crippen LogP contribution in [-0.4, -0.2) is 18.8 Å². The van der Waals surface area contributed by atoms with E-state index in [0.29, 0.717) is 17.8 Å². The highest BCUT2D eigenvalue weighted by Gasteiger charge is 2.35. The molecule has 3 saturated carbocycles. The van der Waals surface area contributed by atoms with Crippen molar-refractivity contribution in [1.29, 1.82) is 0 Å². The Hall–Kier alpha value is -1.49. The lowest BCUT2D eigenvalue weighted by Crippen LogP contribution is -2.34. The zero-order chi connectivity index (χ0) is 28.4. The Morgan fingerprint density at radius 1 is 0.800 bits per heavy atom. The van der Waals surface area contributed by atoms with E-state index in [4.69, 9.17) is 9.47 Å². The van der Waals surface area contributed by atoms with Gasteiger partial charge in [0.05, 0.1) is 6.10 Å².